The lowest BCUT2D eigenvalue weighted by Gasteiger charge is -2.30. The Morgan fingerprint density at radius 3 is 2.40 bits per heavy atom. The summed E-state index contributed by atoms with van der Waals surface area (Å²) in [7, 11) is 1.73. The number of carbonyl (C=O) groups is 3. The van der Waals surface area contributed by atoms with Gasteiger partial charge in [-0.1, -0.05) is 0 Å². The molecule has 0 aliphatic carbocycles. The van der Waals surface area contributed by atoms with Crippen molar-refractivity contribution in [3.05, 3.63) is 65.9 Å². The van der Waals surface area contributed by atoms with Crippen molar-refractivity contribution in [1.82, 2.24) is 20.0 Å². The molecule has 2 aliphatic rings. The van der Waals surface area contributed by atoms with Crippen LogP contribution in [0, 0.1) is 0 Å². The summed E-state index contributed by atoms with van der Waals surface area (Å²) in [5.74, 6) is 1.14. The van der Waals surface area contributed by atoms with Crippen LogP contribution >= 0.6 is 0 Å². The van der Waals surface area contributed by atoms with Gasteiger partial charge in [-0.2, -0.15) is 5.10 Å². The number of hydrogen-bond donors (Lipinski definition) is 2. The minimum Gasteiger partial charge on any atom is -0.480 e. The summed E-state index contributed by atoms with van der Waals surface area (Å²) in [5.41, 5.74) is 0.883. The van der Waals surface area contributed by atoms with Crippen LogP contribution in [0.25, 0.3) is 0 Å². The number of aromatic amines is 1. The molecule has 10 heteroatoms. The van der Waals surface area contributed by atoms with E-state index in [0.717, 1.165) is 19.5 Å². The predicted octanol–water partition coefficient (Wildman–Crippen LogP) is 2.91. The molecule has 0 unspecified atom stereocenters. The van der Waals surface area contributed by atoms with Gasteiger partial charge in [0.2, 0.25) is 0 Å². The first-order valence-corrected chi connectivity index (χ1v) is 11.4. The fourth-order valence-corrected chi connectivity index (χ4v) is 3.92. The molecule has 35 heavy (non-hydrogen) atoms. The first kappa shape index (κ1) is 22.5. The van der Waals surface area contributed by atoms with Crippen molar-refractivity contribution in [2.75, 3.05) is 32.0 Å². The van der Waals surface area contributed by atoms with Crippen molar-refractivity contribution in [1.29, 1.82) is 0 Å². The van der Waals surface area contributed by atoms with Gasteiger partial charge in [-0.05, 0) is 42.8 Å². The Balaban J connectivity index is 1.37. The Labute approximate surface area is 201 Å². The second kappa shape index (κ2) is 9.49. The maximum absolute atomic E-state index is 12.9. The predicted molar refractivity (Wildman–Crippen MR) is 127 cm³/mol. The van der Waals surface area contributed by atoms with Crippen LogP contribution in [0.2, 0.25) is 0 Å². The molecule has 0 saturated carbocycles. The van der Waals surface area contributed by atoms with Gasteiger partial charge in [0.25, 0.3) is 17.7 Å². The average molecular weight is 476 g/mol. The van der Waals surface area contributed by atoms with Crippen LogP contribution in [0.4, 0.5) is 5.82 Å². The van der Waals surface area contributed by atoms with Crippen LogP contribution < -0.4 is 14.8 Å². The zero-order valence-corrected chi connectivity index (χ0v) is 19.2. The molecule has 5 rings (SSSR count). The molecule has 1 aromatic heterocycles. The fourth-order valence-electron chi connectivity index (χ4n) is 3.92. The summed E-state index contributed by atoms with van der Waals surface area (Å²) >= 11 is 0. The standard InChI is InChI=1S/C25H25N5O5/c1-29-12-8-21(25(29)33)35-20-14-17(23(31)27-22-7-9-26-28-22)13-19(15-20)34-18-5-3-16(4-6-18)24(32)30-10-2-11-30/h3-7,9,13-15,21H,2,8,10-12H2,1H3,(H2,26,27,28,31)/t21-/m0/s1. The molecule has 180 valence electrons. The molecule has 2 fully saturated rings. The number of aromatic nitrogens is 2. The Hall–Kier alpha value is -4.34. The normalized spacial score (nSPS) is 17.2. The number of anilines is 1. The number of ether oxygens (including phenoxy) is 2. The number of hydrogen-bond acceptors (Lipinski definition) is 6. The summed E-state index contributed by atoms with van der Waals surface area (Å²) in [5, 5.41) is 9.23. The van der Waals surface area contributed by atoms with Gasteiger partial charge >= 0.3 is 0 Å². The third-order valence-corrected chi connectivity index (χ3v) is 6.03. The van der Waals surface area contributed by atoms with Gasteiger partial charge in [0.1, 0.15) is 23.1 Å². The topological polar surface area (TPSA) is 117 Å². The number of rotatable bonds is 7. The highest BCUT2D eigenvalue weighted by molar-refractivity contribution is 6.04. The largest absolute Gasteiger partial charge is 0.480 e. The van der Waals surface area contributed by atoms with Crippen LogP contribution in [0.3, 0.4) is 0 Å². The number of likely N-dealkylation sites (N-methyl/N-ethyl adjacent to an activating group) is 1. The third-order valence-electron chi connectivity index (χ3n) is 6.03. The Kier molecular flexibility index (Phi) is 6.09. The lowest BCUT2D eigenvalue weighted by atomic mass is 10.1. The third kappa shape index (κ3) is 4.96. The smallest absolute Gasteiger partial charge is 0.263 e. The summed E-state index contributed by atoms with van der Waals surface area (Å²) in [4.78, 5) is 41.0. The Bertz CT molecular complexity index is 1240. The molecule has 10 nitrogen and oxygen atoms in total. The quantitative estimate of drug-likeness (QED) is 0.543. The molecule has 3 heterocycles. The van der Waals surface area contributed by atoms with E-state index in [1.165, 1.54) is 6.20 Å². The van der Waals surface area contributed by atoms with E-state index in [4.69, 9.17) is 9.47 Å². The summed E-state index contributed by atoms with van der Waals surface area (Å²) in [6.45, 7) is 2.18. The molecular weight excluding hydrogens is 450 g/mol. The first-order valence-electron chi connectivity index (χ1n) is 11.4. The van der Waals surface area contributed by atoms with E-state index in [1.54, 1.807) is 65.4 Å². The summed E-state index contributed by atoms with van der Waals surface area (Å²) in [6.07, 6.45) is 2.50. The molecule has 3 amide bonds. The zero-order chi connectivity index (χ0) is 24.4. The van der Waals surface area contributed by atoms with E-state index in [0.29, 0.717) is 41.6 Å². The molecular formula is C25H25N5O5. The number of amides is 3. The van der Waals surface area contributed by atoms with E-state index in [2.05, 4.69) is 15.5 Å². The lowest BCUT2D eigenvalue weighted by Crippen LogP contribution is -2.41. The molecule has 2 N–H and O–H groups in total. The van der Waals surface area contributed by atoms with Crippen LogP contribution in [0.1, 0.15) is 33.6 Å². The van der Waals surface area contributed by atoms with Crippen molar-refractivity contribution in [3.8, 4) is 17.2 Å². The highest BCUT2D eigenvalue weighted by Gasteiger charge is 2.31. The number of likely N-dealkylation sites (tertiary alicyclic amines) is 2. The van der Waals surface area contributed by atoms with Crippen molar-refractivity contribution in [2.24, 2.45) is 0 Å². The first-order chi connectivity index (χ1) is 17.0. The van der Waals surface area contributed by atoms with E-state index < -0.39 is 12.0 Å². The summed E-state index contributed by atoms with van der Waals surface area (Å²) < 4.78 is 11.9. The highest BCUT2D eigenvalue weighted by atomic mass is 16.5. The SMILES string of the molecule is CN1CC[C@H](Oc2cc(Oc3ccc(C(=O)N4CCC4)cc3)cc(C(=O)Nc3ccn[nH]3)c2)C1=O. The second-order valence-electron chi connectivity index (χ2n) is 8.54. The molecule has 3 aromatic rings. The van der Waals surface area contributed by atoms with Gasteiger partial charge < -0.3 is 24.6 Å². The van der Waals surface area contributed by atoms with Crippen molar-refractivity contribution in [3.63, 3.8) is 0 Å². The van der Waals surface area contributed by atoms with Gasteiger partial charge in [0.15, 0.2) is 6.10 Å². The van der Waals surface area contributed by atoms with Crippen molar-refractivity contribution in [2.45, 2.75) is 18.9 Å². The minimum atomic E-state index is -0.620. The maximum atomic E-state index is 12.9. The minimum absolute atomic E-state index is 0.00200. The molecule has 0 spiro atoms. The summed E-state index contributed by atoms with van der Waals surface area (Å²) in [6, 6.07) is 13.3. The Morgan fingerprint density at radius 2 is 1.77 bits per heavy atom. The van der Waals surface area contributed by atoms with Crippen LogP contribution in [-0.4, -0.2) is 70.5 Å². The molecule has 0 radical (unpaired) electrons. The van der Waals surface area contributed by atoms with Crippen molar-refractivity contribution < 1.29 is 23.9 Å². The Morgan fingerprint density at radius 1 is 1.00 bits per heavy atom. The van der Waals surface area contributed by atoms with Gasteiger partial charge in [-0.3, -0.25) is 19.5 Å². The molecule has 2 saturated heterocycles. The van der Waals surface area contributed by atoms with E-state index in [1.807, 2.05) is 0 Å². The van der Waals surface area contributed by atoms with Gasteiger partial charge in [0, 0.05) is 56.4 Å². The fraction of sp³-hybridized carbons (Fsp3) is 0.280. The van der Waals surface area contributed by atoms with Crippen LogP contribution in [0.5, 0.6) is 17.2 Å². The number of benzene rings is 2. The van der Waals surface area contributed by atoms with Gasteiger partial charge in [-0.15, -0.1) is 0 Å². The highest BCUT2D eigenvalue weighted by Crippen LogP contribution is 2.30. The van der Waals surface area contributed by atoms with Gasteiger partial charge in [0.05, 0.1) is 6.20 Å². The lowest BCUT2D eigenvalue weighted by molar-refractivity contribution is -0.132. The van der Waals surface area contributed by atoms with Crippen LogP contribution in [-0.2, 0) is 4.79 Å². The molecule has 2 aliphatic heterocycles. The van der Waals surface area contributed by atoms with E-state index in [-0.39, 0.29) is 17.4 Å². The van der Waals surface area contributed by atoms with Crippen molar-refractivity contribution >= 4 is 23.5 Å². The monoisotopic (exact) mass is 475 g/mol. The number of nitrogens with zero attached hydrogens (tertiary/aromatic N) is 3. The molecule has 1 atom stereocenters. The van der Waals surface area contributed by atoms with Crippen LogP contribution in [0.15, 0.2) is 54.7 Å². The second-order valence-corrected chi connectivity index (χ2v) is 8.54. The average Bonchev–Trinajstić information content (AvgIpc) is 3.43. The number of H-pyrrole nitrogens is 1. The molecule has 0 bridgehead atoms. The van der Waals surface area contributed by atoms with E-state index >= 15 is 0 Å². The number of carbonyl (C=O) groups excluding carboxylic acids is 3. The molecule has 2 aromatic carbocycles. The van der Waals surface area contributed by atoms with Gasteiger partial charge in [-0.25, -0.2) is 0 Å². The number of nitrogens with one attached hydrogen (secondary N) is 2. The maximum Gasteiger partial charge on any atom is 0.263 e. The van der Waals surface area contributed by atoms with E-state index in [9.17, 15) is 14.4 Å². The zero-order valence-electron chi connectivity index (χ0n) is 19.2.